The molecule has 1 amide bonds. The number of hydrogen-bond donors (Lipinski definition) is 1. The molecule has 0 unspecified atom stereocenters. The lowest BCUT2D eigenvalue weighted by Crippen LogP contribution is -2.13. The van der Waals surface area contributed by atoms with E-state index >= 15 is 0 Å². The molecule has 4 aromatic rings. The maximum atomic E-state index is 13.1. The minimum atomic E-state index is -0.351. The van der Waals surface area contributed by atoms with E-state index in [1.165, 1.54) is 0 Å². The Bertz CT molecular complexity index is 1260. The van der Waals surface area contributed by atoms with Gasteiger partial charge in [-0.2, -0.15) is 0 Å². The van der Waals surface area contributed by atoms with Crippen LogP contribution in [0.2, 0.25) is 20.2 Å². The van der Waals surface area contributed by atoms with Gasteiger partial charge in [-0.3, -0.25) is 4.79 Å². The number of fused-ring (bicyclic) bond motifs is 1. The van der Waals surface area contributed by atoms with E-state index in [-0.39, 0.29) is 21.1 Å². The highest BCUT2D eigenvalue weighted by Crippen LogP contribution is 2.38. The van der Waals surface area contributed by atoms with Crippen LogP contribution in [0.25, 0.3) is 22.2 Å². The van der Waals surface area contributed by atoms with Gasteiger partial charge < -0.3 is 5.32 Å². The molecule has 0 aliphatic heterocycles. The number of hydrogen-bond acceptors (Lipinski definition) is 3. The molecule has 2 heterocycles. The molecule has 0 aliphatic rings. The summed E-state index contributed by atoms with van der Waals surface area (Å²) in [5.74, 6) is -0.351. The van der Waals surface area contributed by atoms with Crippen molar-refractivity contribution in [3.63, 3.8) is 0 Å². The van der Waals surface area contributed by atoms with Crippen molar-refractivity contribution in [1.82, 2.24) is 9.97 Å². The maximum absolute atomic E-state index is 13.1. The smallest absolute Gasteiger partial charge is 0.256 e. The van der Waals surface area contributed by atoms with Crippen molar-refractivity contribution in [2.75, 3.05) is 5.32 Å². The van der Waals surface area contributed by atoms with Crippen LogP contribution in [0.5, 0.6) is 0 Å². The summed E-state index contributed by atoms with van der Waals surface area (Å²) >= 11 is 24.7. The molecule has 4 nitrogen and oxygen atoms in total. The standard InChI is InChI=1S/C21H11Cl4N3O/c22-14-8-7-12(18(23)19(14)24)17-10-13(11-4-1-2-5-15(11)27-17)21(29)28-16-6-3-9-26-20(16)25/h1-10H,(H,28,29). The highest BCUT2D eigenvalue weighted by atomic mass is 35.5. The summed E-state index contributed by atoms with van der Waals surface area (Å²) in [6.45, 7) is 0. The lowest BCUT2D eigenvalue weighted by molar-refractivity contribution is 0.102. The monoisotopic (exact) mass is 461 g/mol. The summed E-state index contributed by atoms with van der Waals surface area (Å²) in [6, 6.07) is 15.7. The van der Waals surface area contributed by atoms with Gasteiger partial charge >= 0.3 is 0 Å². The van der Waals surface area contributed by atoms with Crippen molar-refractivity contribution in [3.05, 3.63) is 86.6 Å². The zero-order valence-corrected chi connectivity index (χ0v) is 17.6. The molecule has 1 N–H and O–H groups in total. The van der Waals surface area contributed by atoms with Crippen LogP contribution in [0.3, 0.4) is 0 Å². The Morgan fingerprint density at radius 3 is 2.48 bits per heavy atom. The Hall–Kier alpha value is -2.37. The van der Waals surface area contributed by atoms with E-state index in [9.17, 15) is 4.79 Å². The van der Waals surface area contributed by atoms with Crippen LogP contribution < -0.4 is 5.32 Å². The largest absolute Gasteiger partial charge is 0.319 e. The van der Waals surface area contributed by atoms with E-state index in [0.717, 1.165) is 0 Å². The van der Waals surface area contributed by atoms with Crippen molar-refractivity contribution < 1.29 is 4.79 Å². The van der Waals surface area contributed by atoms with Gasteiger partial charge in [0.25, 0.3) is 5.91 Å². The van der Waals surface area contributed by atoms with Crippen LogP contribution in [0.15, 0.2) is 60.8 Å². The number of rotatable bonds is 3. The quantitative estimate of drug-likeness (QED) is 0.259. The summed E-state index contributed by atoms with van der Waals surface area (Å²) in [6.07, 6.45) is 1.55. The summed E-state index contributed by atoms with van der Waals surface area (Å²) in [7, 11) is 0. The minimum absolute atomic E-state index is 0.201. The Morgan fingerprint density at radius 2 is 1.69 bits per heavy atom. The summed E-state index contributed by atoms with van der Waals surface area (Å²) in [5, 5.41) is 4.51. The number of nitrogens with zero attached hydrogens (tertiary/aromatic N) is 2. The Balaban J connectivity index is 1.87. The number of benzene rings is 2. The second kappa shape index (κ2) is 8.17. The third-order valence-corrected chi connectivity index (χ3v) is 5.87. The van der Waals surface area contributed by atoms with E-state index < -0.39 is 0 Å². The van der Waals surface area contributed by atoms with E-state index in [2.05, 4.69) is 15.3 Å². The minimum Gasteiger partial charge on any atom is -0.319 e. The molecule has 8 heteroatoms. The number of aromatic nitrogens is 2. The molecule has 0 spiro atoms. The van der Waals surface area contributed by atoms with Crippen molar-refractivity contribution >= 4 is 68.9 Å². The van der Waals surface area contributed by atoms with E-state index in [4.69, 9.17) is 46.4 Å². The number of nitrogens with one attached hydrogen (secondary N) is 1. The molecule has 2 aromatic heterocycles. The third kappa shape index (κ3) is 3.89. The second-order valence-electron chi connectivity index (χ2n) is 6.09. The van der Waals surface area contributed by atoms with Gasteiger partial charge in [0.05, 0.1) is 37.5 Å². The number of halogens is 4. The van der Waals surface area contributed by atoms with Crippen LogP contribution in [0.1, 0.15) is 10.4 Å². The summed E-state index contributed by atoms with van der Waals surface area (Å²) in [4.78, 5) is 21.7. The predicted octanol–water partition coefficient (Wildman–Crippen LogP) is 7.16. The first-order chi connectivity index (χ1) is 14.0. The molecule has 4 rings (SSSR count). The van der Waals surface area contributed by atoms with Gasteiger partial charge in [-0.15, -0.1) is 0 Å². The highest BCUT2D eigenvalue weighted by molar-refractivity contribution is 6.49. The number of carbonyl (C=O) groups is 1. The number of carbonyl (C=O) groups excluding carboxylic acids is 1. The molecule has 0 aliphatic carbocycles. The normalized spacial score (nSPS) is 10.9. The van der Waals surface area contributed by atoms with Gasteiger partial charge in [-0.25, -0.2) is 9.97 Å². The van der Waals surface area contributed by atoms with E-state index in [1.807, 2.05) is 24.3 Å². The molecule has 0 saturated carbocycles. The van der Waals surface area contributed by atoms with Crippen molar-refractivity contribution in [2.45, 2.75) is 0 Å². The van der Waals surface area contributed by atoms with Crippen LogP contribution in [-0.2, 0) is 0 Å². The van der Waals surface area contributed by atoms with Gasteiger partial charge in [0.15, 0.2) is 5.15 Å². The van der Waals surface area contributed by atoms with Gasteiger partial charge in [0, 0.05) is 17.1 Å². The maximum Gasteiger partial charge on any atom is 0.256 e. The average molecular weight is 463 g/mol. The molecule has 0 bridgehead atoms. The van der Waals surface area contributed by atoms with Crippen molar-refractivity contribution in [2.24, 2.45) is 0 Å². The zero-order valence-electron chi connectivity index (χ0n) is 14.6. The lowest BCUT2D eigenvalue weighted by atomic mass is 10.0. The lowest BCUT2D eigenvalue weighted by Gasteiger charge is -2.12. The summed E-state index contributed by atoms with van der Waals surface area (Å²) < 4.78 is 0. The first kappa shape index (κ1) is 19.9. The Kier molecular flexibility index (Phi) is 5.61. The fourth-order valence-corrected chi connectivity index (χ4v) is 3.69. The molecule has 144 valence electrons. The number of anilines is 1. The molecule has 29 heavy (non-hydrogen) atoms. The molecule has 0 radical (unpaired) electrons. The summed E-state index contributed by atoms with van der Waals surface area (Å²) in [5.41, 5.74) is 2.52. The first-order valence-electron chi connectivity index (χ1n) is 8.41. The van der Waals surface area contributed by atoms with Crippen LogP contribution in [-0.4, -0.2) is 15.9 Å². The van der Waals surface area contributed by atoms with Crippen LogP contribution in [0, 0.1) is 0 Å². The Morgan fingerprint density at radius 1 is 0.897 bits per heavy atom. The SMILES string of the molecule is O=C(Nc1cccnc1Cl)c1cc(-c2ccc(Cl)c(Cl)c2Cl)nc2ccccc12. The fraction of sp³-hybridized carbons (Fsp3) is 0. The van der Waals surface area contributed by atoms with Gasteiger partial charge in [0.2, 0.25) is 0 Å². The average Bonchev–Trinajstić information content (AvgIpc) is 2.73. The van der Waals surface area contributed by atoms with Gasteiger partial charge in [-0.05, 0) is 36.4 Å². The molecule has 0 atom stereocenters. The Labute approximate surface area is 186 Å². The van der Waals surface area contributed by atoms with Crippen molar-refractivity contribution in [3.8, 4) is 11.3 Å². The van der Waals surface area contributed by atoms with E-state index in [1.54, 1.807) is 36.5 Å². The number of para-hydroxylation sites is 1. The predicted molar refractivity (Wildman–Crippen MR) is 119 cm³/mol. The van der Waals surface area contributed by atoms with E-state index in [0.29, 0.717) is 38.4 Å². The molecule has 2 aromatic carbocycles. The second-order valence-corrected chi connectivity index (χ2v) is 7.61. The zero-order chi connectivity index (χ0) is 20.5. The first-order valence-corrected chi connectivity index (χ1v) is 9.92. The third-order valence-electron chi connectivity index (χ3n) is 4.28. The van der Waals surface area contributed by atoms with Gasteiger partial charge in [-0.1, -0.05) is 64.6 Å². The van der Waals surface area contributed by atoms with Crippen LogP contribution in [0.4, 0.5) is 5.69 Å². The topological polar surface area (TPSA) is 54.9 Å². The molecule has 0 saturated heterocycles. The number of amides is 1. The fourth-order valence-electron chi connectivity index (χ4n) is 2.89. The molecular weight excluding hydrogens is 452 g/mol. The van der Waals surface area contributed by atoms with Crippen molar-refractivity contribution in [1.29, 1.82) is 0 Å². The number of pyridine rings is 2. The van der Waals surface area contributed by atoms with Crippen LogP contribution >= 0.6 is 46.4 Å². The van der Waals surface area contributed by atoms with Gasteiger partial charge in [0.1, 0.15) is 0 Å². The molecular formula is C21H11Cl4N3O. The molecule has 0 fully saturated rings. The highest BCUT2D eigenvalue weighted by Gasteiger charge is 2.18.